The molecule has 0 unspecified atom stereocenters. The van der Waals surface area contributed by atoms with Crippen LogP contribution < -0.4 is 5.32 Å². The molecule has 0 aromatic rings. The van der Waals surface area contributed by atoms with Crippen molar-refractivity contribution in [2.45, 2.75) is 52.5 Å². The van der Waals surface area contributed by atoms with E-state index in [1.165, 1.54) is 6.92 Å². The van der Waals surface area contributed by atoms with Gasteiger partial charge in [-0.3, -0.25) is 9.59 Å². The third kappa shape index (κ3) is 2.67. The molecule has 3 heteroatoms. The number of carbonyl (C=O) groups excluding carboxylic acids is 2. The molecule has 84 valence electrons. The van der Waals surface area contributed by atoms with E-state index >= 15 is 0 Å². The Morgan fingerprint density at radius 3 is 2.40 bits per heavy atom. The van der Waals surface area contributed by atoms with Gasteiger partial charge in [0.15, 0.2) is 5.78 Å². The molecule has 0 heterocycles. The van der Waals surface area contributed by atoms with Gasteiger partial charge in [0.1, 0.15) is 0 Å². The van der Waals surface area contributed by atoms with E-state index in [-0.39, 0.29) is 11.7 Å². The first-order valence-electron chi connectivity index (χ1n) is 5.37. The van der Waals surface area contributed by atoms with Crippen LogP contribution in [0.4, 0.5) is 0 Å². The Morgan fingerprint density at radius 1 is 1.33 bits per heavy atom. The van der Waals surface area contributed by atoms with Crippen LogP contribution in [0.3, 0.4) is 0 Å². The Hall–Kier alpha value is -1.12. The molecule has 0 aromatic heterocycles. The van der Waals surface area contributed by atoms with E-state index in [4.69, 9.17) is 0 Å². The van der Waals surface area contributed by atoms with Crippen molar-refractivity contribution in [1.29, 1.82) is 0 Å². The Bertz CT molecular complexity index is 327. The molecule has 1 aliphatic rings. The highest BCUT2D eigenvalue weighted by molar-refractivity contribution is 5.99. The first-order valence-corrected chi connectivity index (χ1v) is 5.37. The van der Waals surface area contributed by atoms with Crippen LogP contribution in [0.15, 0.2) is 11.1 Å². The van der Waals surface area contributed by atoms with Crippen molar-refractivity contribution in [1.82, 2.24) is 5.32 Å². The fourth-order valence-electron chi connectivity index (χ4n) is 2.39. The molecule has 0 radical (unpaired) electrons. The zero-order chi connectivity index (χ0) is 11.6. The number of ketones is 1. The smallest absolute Gasteiger partial charge is 0.217 e. The van der Waals surface area contributed by atoms with E-state index in [0.717, 1.165) is 24.0 Å². The van der Waals surface area contributed by atoms with Crippen LogP contribution in [0.1, 0.15) is 47.0 Å². The van der Waals surface area contributed by atoms with E-state index in [9.17, 15) is 9.59 Å². The molecule has 3 nitrogen and oxygen atoms in total. The van der Waals surface area contributed by atoms with Crippen molar-refractivity contribution >= 4 is 11.7 Å². The molecular weight excluding hydrogens is 190 g/mol. The van der Waals surface area contributed by atoms with E-state index in [1.807, 2.05) is 20.8 Å². The molecule has 1 amide bonds. The van der Waals surface area contributed by atoms with Crippen molar-refractivity contribution in [2.24, 2.45) is 0 Å². The Kier molecular flexibility index (Phi) is 3.32. The fraction of sp³-hybridized carbons (Fsp3) is 0.667. The highest BCUT2D eigenvalue weighted by Gasteiger charge is 2.32. The second-order valence-electron chi connectivity index (χ2n) is 4.74. The van der Waals surface area contributed by atoms with Gasteiger partial charge in [-0.2, -0.15) is 0 Å². The summed E-state index contributed by atoms with van der Waals surface area (Å²) in [7, 11) is 0. The summed E-state index contributed by atoms with van der Waals surface area (Å²) >= 11 is 0. The van der Waals surface area contributed by atoms with Crippen LogP contribution >= 0.6 is 0 Å². The second kappa shape index (κ2) is 4.17. The summed E-state index contributed by atoms with van der Waals surface area (Å²) in [5.74, 6) is 0.0798. The van der Waals surface area contributed by atoms with Crippen molar-refractivity contribution in [2.75, 3.05) is 0 Å². The summed E-state index contributed by atoms with van der Waals surface area (Å²) in [6.07, 6.45) is 2.50. The van der Waals surface area contributed by atoms with Crippen LogP contribution in [0.2, 0.25) is 0 Å². The third-order valence-electron chi connectivity index (χ3n) is 2.77. The van der Waals surface area contributed by atoms with E-state index in [0.29, 0.717) is 6.42 Å². The predicted molar refractivity (Wildman–Crippen MR) is 59.5 cm³/mol. The molecule has 1 aliphatic carbocycles. The number of amides is 1. The van der Waals surface area contributed by atoms with Gasteiger partial charge < -0.3 is 5.32 Å². The first kappa shape index (κ1) is 12.0. The topological polar surface area (TPSA) is 46.2 Å². The molecule has 1 rings (SSSR count). The zero-order valence-corrected chi connectivity index (χ0v) is 9.94. The van der Waals surface area contributed by atoms with Gasteiger partial charge in [-0.15, -0.1) is 0 Å². The van der Waals surface area contributed by atoms with Gasteiger partial charge in [0.2, 0.25) is 5.91 Å². The minimum absolute atomic E-state index is 0.0985. The molecule has 0 fully saturated rings. The van der Waals surface area contributed by atoms with E-state index < -0.39 is 5.54 Å². The van der Waals surface area contributed by atoms with Crippen LogP contribution in [0.5, 0.6) is 0 Å². The molecule has 0 saturated heterocycles. The standard InChI is InChI=1S/C12H19NO2/c1-8-6-5-7-10(15)11(8)12(3,4)13-9(2)14/h5-7H2,1-4H3,(H,13,14). The van der Waals surface area contributed by atoms with Gasteiger partial charge in [0.05, 0.1) is 5.54 Å². The average Bonchev–Trinajstić information content (AvgIpc) is 1.99. The maximum absolute atomic E-state index is 11.8. The molecule has 0 aliphatic heterocycles. The highest BCUT2D eigenvalue weighted by Crippen LogP contribution is 2.29. The zero-order valence-electron chi connectivity index (χ0n) is 9.94. The van der Waals surface area contributed by atoms with Crippen molar-refractivity contribution in [3.8, 4) is 0 Å². The quantitative estimate of drug-likeness (QED) is 0.755. The first-order chi connectivity index (χ1) is 6.84. The van der Waals surface area contributed by atoms with Crippen molar-refractivity contribution in [3.05, 3.63) is 11.1 Å². The van der Waals surface area contributed by atoms with Crippen LogP contribution in [0, 0.1) is 0 Å². The maximum Gasteiger partial charge on any atom is 0.217 e. The Balaban J connectivity index is 3.02. The number of Topliss-reactive ketones (excluding diaryl/α,β-unsaturated/α-hetero) is 1. The largest absolute Gasteiger partial charge is 0.347 e. The molecule has 0 spiro atoms. The number of carbonyl (C=O) groups is 2. The second-order valence-corrected chi connectivity index (χ2v) is 4.74. The molecule has 0 atom stereocenters. The third-order valence-corrected chi connectivity index (χ3v) is 2.77. The van der Waals surface area contributed by atoms with Crippen LogP contribution in [-0.4, -0.2) is 17.2 Å². The maximum atomic E-state index is 11.8. The van der Waals surface area contributed by atoms with Gasteiger partial charge in [0, 0.05) is 18.9 Å². The molecule has 15 heavy (non-hydrogen) atoms. The molecule has 1 N–H and O–H groups in total. The number of nitrogens with one attached hydrogen (secondary N) is 1. The predicted octanol–water partition coefficient (Wildman–Crippen LogP) is 1.97. The lowest BCUT2D eigenvalue weighted by molar-refractivity contribution is -0.120. The fourth-order valence-corrected chi connectivity index (χ4v) is 2.39. The van der Waals surface area contributed by atoms with Gasteiger partial charge in [-0.1, -0.05) is 5.57 Å². The number of hydrogen-bond acceptors (Lipinski definition) is 2. The number of allylic oxidation sites excluding steroid dienone is 1. The normalized spacial score (nSPS) is 18.0. The lowest BCUT2D eigenvalue weighted by Crippen LogP contribution is -2.47. The van der Waals surface area contributed by atoms with Crippen LogP contribution in [-0.2, 0) is 9.59 Å². The van der Waals surface area contributed by atoms with Crippen molar-refractivity contribution < 1.29 is 9.59 Å². The molecular formula is C12H19NO2. The summed E-state index contributed by atoms with van der Waals surface area (Å²) in [6.45, 7) is 7.23. The minimum atomic E-state index is -0.534. The SMILES string of the molecule is CC(=O)NC(C)(C)C1=C(C)CCCC1=O. The lowest BCUT2D eigenvalue weighted by atomic mass is 9.80. The average molecular weight is 209 g/mol. The lowest BCUT2D eigenvalue weighted by Gasteiger charge is -2.32. The summed E-state index contributed by atoms with van der Waals surface area (Å²) in [5, 5.41) is 2.83. The monoisotopic (exact) mass is 209 g/mol. The van der Waals surface area contributed by atoms with Gasteiger partial charge >= 0.3 is 0 Å². The number of hydrogen-bond donors (Lipinski definition) is 1. The van der Waals surface area contributed by atoms with E-state index in [1.54, 1.807) is 0 Å². The van der Waals surface area contributed by atoms with Crippen molar-refractivity contribution in [3.63, 3.8) is 0 Å². The van der Waals surface area contributed by atoms with E-state index in [2.05, 4.69) is 5.32 Å². The highest BCUT2D eigenvalue weighted by atomic mass is 16.1. The van der Waals surface area contributed by atoms with Gasteiger partial charge in [-0.25, -0.2) is 0 Å². The summed E-state index contributed by atoms with van der Waals surface area (Å²) in [5.41, 5.74) is 1.38. The number of rotatable bonds is 2. The molecule has 0 aromatic carbocycles. The van der Waals surface area contributed by atoms with Crippen LogP contribution in [0.25, 0.3) is 0 Å². The molecule has 0 saturated carbocycles. The summed E-state index contributed by atoms with van der Waals surface area (Å²) in [6, 6.07) is 0. The Morgan fingerprint density at radius 2 is 1.93 bits per heavy atom. The van der Waals surface area contributed by atoms with Gasteiger partial charge in [0.25, 0.3) is 0 Å². The minimum Gasteiger partial charge on any atom is -0.347 e. The Labute approximate surface area is 90.9 Å². The summed E-state index contributed by atoms with van der Waals surface area (Å²) < 4.78 is 0. The molecule has 0 bridgehead atoms. The van der Waals surface area contributed by atoms with Gasteiger partial charge in [-0.05, 0) is 33.6 Å². The summed E-state index contributed by atoms with van der Waals surface area (Å²) in [4.78, 5) is 22.9.